The first kappa shape index (κ1) is 7.25. The van der Waals surface area contributed by atoms with Crippen molar-refractivity contribution in [3.8, 4) is 0 Å². The fourth-order valence-electron chi connectivity index (χ4n) is 1.61. The number of rotatable bonds is 1. The maximum absolute atomic E-state index is 5.61. The van der Waals surface area contributed by atoms with Crippen molar-refractivity contribution in [2.24, 2.45) is 11.7 Å². The Labute approximate surface area is 70.6 Å². The van der Waals surface area contributed by atoms with Crippen LogP contribution in [0.5, 0.6) is 0 Å². The smallest absolute Gasteiger partial charge is 0.0574 e. The summed E-state index contributed by atoms with van der Waals surface area (Å²) in [4.78, 5) is 0. The van der Waals surface area contributed by atoms with E-state index >= 15 is 0 Å². The average molecular weight is 168 g/mol. The Morgan fingerprint density at radius 1 is 1.73 bits per heavy atom. The van der Waals surface area contributed by atoms with E-state index in [2.05, 4.69) is 9.75 Å². The summed E-state index contributed by atoms with van der Waals surface area (Å²) >= 11 is 1.58. The van der Waals surface area contributed by atoms with E-state index in [9.17, 15) is 0 Å². The van der Waals surface area contributed by atoms with Crippen LogP contribution >= 0.6 is 11.5 Å². The molecule has 1 aliphatic carbocycles. The molecule has 3 heteroatoms. The Balaban J connectivity index is 2.18. The zero-order chi connectivity index (χ0) is 7.68. The van der Waals surface area contributed by atoms with Gasteiger partial charge in [0, 0.05) is 5.38 Å². The van der Waals surface area contributed by atoms with Crippen LogP contribution in [-0.2, 0) is 12.8 Å². The first-order chi connectivity index (χ1) is 5.40. The molecule has 1 atom stereocenters. The molecule has 1 aromatic heterocycles. The predicted octanol–water partition coefficient (Wildman–Crippen LogP) is 1.21. The van der Waals surface area contributed by atoms with Crippen LogP contribution < -0.4 is 5.73 Å². The minimum Gasteiger partial charge on any atom is -0.330 e. The van der Waals surface area contributed by atoms with E-state index in [4.69, 9.17) is 5.73 Å². The standard InChI is InChI=1S/C8H12N2S/c9-4-6-1-2-8-7(3-6)5-11-10-8/h5-6H,1-4,9H2. The van der Waals surface area contributed by atoms with E-state index in [0.29, 0.717) is 5.92 Å². The zero-order valence-corrected chi connectivity index (χ0v) is 7.23. The predicted molar refractivity (Wildman–Crippen MR) is 46.7 cm³/mol. The molecule has 0 radical (unpaired) electrons. The number of aromatic nitrogens is 1. The lowest BCUT2D eigenvalue weighted by atomic mass is 9.88. The highest BCUT2D eigenvalue weighted by Gasteiger charge is 2.18. The average Bonchev–Trinajstić information content (AvgIpc) is 2.50. The van der Waals surface area contributed by atoms with Crippen molar-refractivity contribution >= 4 is 11.5 Å². The van der Waals surface area contributed by atoms with E-state index < -0.39 is 0 Å². The van der Waals surface area contributed by atoms with Gasteiger partial charge in [0.05, 0.1) is 5.69 Å². The summed E-state index contributed by atoms with van der Waals surface area (Å²) in [5, 5.41) is 2.16. The Morgan fingerprint density at radius 3 is 3.45 bits per heavy atom. The van der Waals surface area contributed by atoms with Crippen molar-refractivity contribution in [1.29, 1.82) is 0 Å². The molecule has 60 valence electrons. The summed E-state index contributed by atoms with van der Waals surface area (Å²) in [6.07, 6.45) is 3.52. The Morgan fingerprint density at radius 2 is 2.64 bits per heavy atom. The highest BCUT2D eigenvalue weighted by Crippen LogP contribution is 2.24. The number of aryl methyl sites for hydroxylation is 1. The normalized spacial score (nSPS) is 23.2. The summed E-state index contributed by atoms with van der Waals surface area (Å²) in [6, 6.07) is 0. The van der Waals surface area contributed by atoms with Gasteiger partial charge >= 0.3 is 0 Å². The van der Waals surface area contributed by atoms with E-state index in [-0.39, 0.29) is 0 Å². The highest BCUT2D eigenvalue weighted by molar-refractivity contribution is 7.03. The van der Waals surface area contributed by atoms with Crippen LogP contribution in [-0.4, -0.2) is 10.9 Å². The molecule has 0 amide bonds. The van der Waals surface area contributed by atoms with E-state index in [0.717, 1.165) is 19.4 Å². The van der Waals surface area contributed by atoms with Crippen LogP contribution in [0.2, 0.25) is 0 Å². The third-order valence-electron chi connectivity index (χ3n) is 2.36. The van der Waals surface area contributed by atoms with Gasteiger partial charge in [-0.2, -0.15) is 4.37 Å². The van der Waals surface area contributed by atoms with Crippen LogP contribution in [0.4, 0.5) is 0 Å². The minimum atomic E-state index is 0.707. The van der Waals surface area contributed by atoms with E-state index in [1.807, 2.05) is 0 Å². The molecule has 0 aliphatic heterocycles. The molecule has 2 rings (SSSR count). The molecule has 0 bridgehead atoms. The van der Waals surface area contributed by atoms with Crippen molar-refractivity contribution in [3.63, 3.8) is 0 Å². The fourth-order valence-corrected chi connectivity index (χ4v) is 2.36. The largest absolute Gasteiger partial charge is 0.330 e. The maximum Gasteiger partial charge on any atom is 0.0574 e. The van der Waals surface area contributed by atoms with Crippen LogP contribution in [0, 0.1) is 5.92 Å². The molecule has 2 N–H and O–H groups in total. The van der Waals surface area contributed by atoms with Gasteiger partial charge in [0.25, 0.3) is 0 Å². The second kappa shape index (κ2) is 2.91. The fraction of sp³-hybridized carbons (Fsp3) is 0.625. The summed E-state index contributed by atoms with van der Waals surface area (Å²) in [7, 11) is 0. The molecule has 1 unspecified atom stereocenters. The lowest BCUT2D eigenvalue weighted by Crippen LogP contribution is -2.21. The van der Waals surface area contributed by atoms with Gasteiger partial charge in [0.1, 0.15) is 0 Å². The van der Waals surface area contributed by atoms with E-state index in [1.54, 1.807) is 11.5 Å². The van der Waals surface area contributed by atoms with Gasteiger partial charge < -0.3 is 5.73 Å². The first-order valence-corrected chi connectivity index (χ1v) is 4.86. The molecule has 0 saturated carbocycles. The molecule has 0 spiro atoms. The Bertz CT molecular complexity index is 244. The summed E-state index contributed by atoms with van der Waals surface area (Å²) in [5.41, 5.74) is 8.37. The number of hydrogen-bond donors (Lipinski definition) is 1. The SMILES string of the molecule is NCC1CCc2nscc2C1. The lowest BCUT2D eigenvalue weighted by Gasteiger charge is -2.18. The number of hydrogen-bond acceptors (Lipinski definition) is 3. The monoisotopic (exact) mass is 168 g/mol. The molecule has 0 saturated heterocycles. The molecule has 11 heavy (non-hydrogen) atoms. The highest BCUT2D eigenvalue weighted by atomic mass is 32.1. The third-order valence-corrected chi connectivity index (χ3v) is 3.08. The molecule has 0 aromatic carbocycles. The second-order valence-corrected chi connectivity index (χ2v) is 3.76. The van der Waals surface area contributed by atoms with Crippen molar-refractivity contribution in [1.82, 2.24) is 4.37 Å². The molecular formula is C8H12N2S. The van der Waals surface area contributed by atoms with Gasteiger partial charge in [-0.3, -0.25) is 0 Å². The van der Waals surface area contributed by atoms with Crippen LogP contribution in [0.3, 0.4) is 0 Å². The van der Waals surface area contributed by atoms with Crippen molar-refractivity contribution < 1.29 is 0 Å². The zero-order valence-electron chi connectivity index (χ0n) is 6.42. The maximum atomic E-state index is 5.61. The summed E-state index contributed by atoms with van der Waals surface area (Å²) in [5.74, 6) is 0.707. The second-order valence-electron chi connectivity index (χ2n) is 3.13. The minimum absolute atomic E-state index is 0.707. The summed E-state index contributed by atoms with van der Waals surface area (Å²) in [6.45, 7) is 0.829. The van der Waals surface area contributed by atoms with Gasteiger partial charge in [-0.15, -0.1) is 0 Å². The van der Waals surface area contributed by atoms with Gasteiger partial charge in [-0.05, 0) is 48.8 Å². The van der Waals surface area contributed by atoms with Crippen molar-refractivity contribution in [2.75, 3.05) is 6.54 Å². The number of nitrogens with zero attached hydrogens (tertiary/aromatic N) is 1. The van der Waals surface area contributed by atoms with Gasteiger partial charge in [-0.25, -0.2) is 0 Å². The van der Waals surface area contributed by atoms with Crippen LogP contribution in [0.1, 0.15) is 17.7 Å². The molecule has 1 heterocycles. The van der Waals surface area contributed by atoms with Crippen molar-refractivity contribution in [2.45, 2.75) is 19.3 Å². The van der Waals surface area contributed by atoms with Crippen LogP contribution in [0.25, 0.3) is 0 Å². The van der Waals surface area contributed by atoms with Crippen LogP contribution in [0.15, 0.2) is 5.38 Å². The Kier molecular flexibility index (Phi) is 1.92. The first-order valence-electron chi connectivity index (χ1n) is 4.02. The van der Waals surface area contributed by atoms with Gasteiger partial charge in [-0.1, -0.05) is 0 Å². The number of nitrogens with two attached hydrogens (primary N) is 1. The third kappa shape index (κ3) is 1.30. The topological polar surface area (TPSA) is 38.9 Å². The lowest BCUT2D eigenvalue weighted by molar-refractivity contribution is 0.466. The quantitative estimate of drug-likeness (QED) is 0.684. The van der Waals surface area contributed by atoms with E-state index in [1.165, 1.54) is 17.7 Å². The van der Waals surface area contributed by atoms with Crippen molar-refractivity contribution in [3.05, 3.63) is 16.6 Å². The number of fused-ring (bicyclic) bond motifs is 1. The van der Waals surface area contributed by atoms with Gasteiger partial charge in [0.15, 0.2) is 0 Å². The molecule has 1 aromatic rings. The Hall–Kier alpha value is -0.410. The molecule has 2 nitrogen and oxygen atoms in total. The molecule has 1 aliphatic rings. The summed E-state index contributed by atoms with van der Waals surface area (Å²) < 4.78 is 4.33. The molecular weight excluding hydrogens is 156 g/mol. The molecule has 0 fully saturated rings. The van der Waals surface area contributed by atoms with Gasteiger partial charge in [0.2, 0.25) is 0 Å².